The summed E-state index contributed by atoms with van der Waals surface area (Å²) >= 11 is 5.90. The average molecular weight is 250 g/mol. The van der Waals surface area contributed by atoms with Gasteiger partial charge in [-0.05, 0) is 24.1 Å². The van der Waals surface area contributed by atoms with Crippen LogP contribution in [0.5, 0.6) is 0 Å². The third-order valence-electron chi connectivity index (χ3n) is 1.94. The van der Waals surface area contributed by atoms with Crippen molar-refractivity contribution < 1.29 is 9.52 Å². The van der Waals surface area contributed by atoms with Gasteiger partial charge in [0.2, 0.25) is 0 Å². The van der Waals surface area contributed by atoms with Crippen molar-refractivity contribution in [2.24, 2.45) is 0 Å². The van der Waals surface area contributed by atoms with Crippen LogP contribution in [-0.2, 0) is 6.42 Å². The summed E-state index contributed by atoms with van der Waals surface area (Å²) in [6, 6.07) is 3.39. The molecule has 0 aliphatic rings. The highest BCUT2D eigenvalue weighted by atomic mass is 35.5. The molecule has 0 bridgehead atoms. The second-order valence-electron chi connectivity index (χ2n) is 2.94. The van der Waals surface area contributed by atoms with E-state index in [9.17, 15) is 4.79 Å². The number of H-pyrrole nitrogens is 1. The van der Waals surface area contributed by atoms with Gasteiger partial charge in [-0.15, -0.1) is 12.4 Å². The van der Waals surface area contributed by atoms with Crippen LogP contribution in [0.15, 0.2) is 21.3 Å². The summed E-state index contributed by atoms with van der Waals surface area (Å²) in [5.41, 5.74) is 1.76. The quantitative estimate of drug-likeness (QED) is 0.852. The molecule has 0 unspecified atom stereocenters. The fraction of sp³-hybridized carbons (Fsp3) is 0.222. The molecule has 0 aliphatic heterocycles. The number of aliphatic hydroxyl groups is 1. The van der Waals surface area contributed by atoms with Gasteiger partial charge in [-0.1, -0.05) is 11.6 Å². The Kier molecular flexibility index (Phi) is 3.79. The maximum atomic E-state index is 10.9. The molecule has 2 N–H and O–H groups in total. The van der Waals surface area contributed by atoms with Crippen LogP contribution in [0, 0.1) is 0 Å². The van der Waals surface area contributed by atoms with E-state index < -0.39 is 5.76 Å². The Bertz CT molecular complexity index is 518. The molecule has 1 aromatic carbocycles. The molecule has 0 fully saturated rings. The van der Waals surface area contributed by atoms with Crippen LogP contribution in [0.25, 0.3) is 11.1 Å². The second-order valence-corrected chi connectivity index (χ2v) is 3.35. The molecule has 0 spiro atoms. The molecule has 0 atom stereocenters. The Balaban J connectivity index is 0.00000112. The van der Waals surface area contributed by atoms with Gasteiger partial charge in [0, 0.05) is 6.61 Å². The van der Waals surface area contributed by atoms with Crippen LogP contribution in [0.1, 0.15) is 5.56 Å². The molecule has 15 heavy (non-hydrogen) atoms. The van der Waals surface area contributed by atoms with Crippen molar-refractivity contribution >= 4 is 35.1 Å². The first-order valence-electron chi connectivity index (χ1n) is 4.13. The SMILES string of the molecule is Cl.O=c1[nH]c2c(Cl)cc(CCO)cc2o1. The van der Waals surface area contributed by atoms with Crippen LogP contribution < -0.4 is 5.76 Å². The number of aromatic nitrogens is 1. The number of rotatable bonds is 2. The summed E-state index contributed by atoms with van der Waals surface area (Å²) in [6.07, 6.45) is 0.491. The standard InChI is InChI=1S/C9H8ClNO3.ClH/c10-6-3-5(1-2-12)4-7-8(6)11-9(13)14-7;/h3-4,12H,1-2H2,(H,11,13);1H. The first-order chi connectivity index (χ1) is 6.70. The zero-order chi connectivity index (χ0) is 10.1. The van der Waals surface area contributed by atoms with Gasteiger partial charge < -0.3 is 9.52 Å². The fourth-order valence-electron chi connectivity index (χ4n) is 1.34. The number of nitrogens with one attached hydrogen (secondary N) is 1. The predicted octanol–water partition coefficient (Wildman–Crippen LogP) is 1.73. The van der Waals surface area contributed by atoms with E-state index in [0.717, 1.165) is 5.56 Å². The molecule has 2 rings (SSSR count). The van der Waals surface area contributed by atoms with E-state index in [1.54, 1.807) is 12.1 Å². The minimum Gasteiger partial charge on any atom is -0.408 e. The molecule has 1 heterocycles. The van der Waals surface area contributed by atoms with Crippen molar-refractivity contribution in [2.75, 3.05) is 6.61 Å². The molecule has 4 nitrogen and oxygen atoms in total. The molecule has 0 radical (unpaired) electrons. The molecule has 82 valence electrons. The first-order valence-corrected chi connectivity index (χ1v) is 4.50. The Morgan fingerprint density at radius 1 is 1.47 bits per heavy atom. The highest BCUT2D eigenvalue weighted by Gasteiger charge is 2.07. The lowest BCUT2D eigenvalue weighted by atomic mass is 10.1. The van der Waals surface area contributed by atoms with Crippen molar-refractivity contribution in [2.45, 2.75) is 6.42 Å². The molecule has 6 heteroatoms. The van der Waals surface area contributed by atoms with E-state index in [1.807, 2.05) is 0 Å². The van der Waals surface area contributed by atoms with Gasteiger partial charge >= 0.3 is 5.76 Å². The second kappa shape index (κ2) is 4.70. The van der Waals surface area contributed by atoms with Gasteiger partial charge in [-0.25, -0.2) is 4.79 Å². The zero-order valence-electron chi connectivity index (χ0n) is 7.62. The monoisotopic (exact) mass is 249 g/mol. The Hall–Kier alpha value is -0.970. The number of fused-ring (bicyclic) bond motifs is 1. The van der Waals surface area contributed by atoms with Crippen molar-refractivity contribution in [1.82, 2.24) is 4.98 Å². The van der Waals surface area contributed by atoms with Crippen LogP contribution in [0.2, 0.25) is 5.02 Å². The van der Waals surface area contributed by atoms with Crippen molar-refractivity contribution in [3.05, 3.63) is 33.3 Å². The van der Waals surface area contributed by atoms with Gasteiger partial charge in [-0.2, -0.15) is 0 Å². The number of aliphatic hydroxyl groups excluding tert-OH is 1. The fourth-order valence-corrected chi connectivity index (χ4v) is 1.62. The highest BCUT2D eigenvalue weighted by Crippen LogP contribution is 2.22. The highest BCUT2D eigenvalue weighted by molar-refractivity contribution is 6.34. The van der Waals surface area contributed by atoms with Crippen LogP contribution >= 0.6 is 24.0 Å². The number of oxazole rings is 1. The summed E-state index contributed by atoms with van der Waals surface area (Å²) in [5.74, 6) is -0.525. The molecule has 0 aliphatic carbocycles. The molecular formula is C9H9Cl2NO3. The summed E-state index contributed by atoms with van der Waals surface area (Å²) in [7, 11) is 0. The van der Waals surface area contributed by atoms with Crippen molar-refractivity contribution in [3.63, 3.8) is 0 Å². The molecule has 2 aromatic rings. The van der Waals surface area contributed by atoms with Crippen LogP contribution in [0.3, 0.4) is 0 Å². The Morgan fingerprint density at radius 3 is 2.87 bits per heavy atom. The van der Waals surface area contributed by atoms with E-state index >= 15 is 0 Å². The molecule has 1 aromatic heterocycles. The van der Waals surface area contributed by atoms with Gasteiger partial charge in [0.05, 0.1) is 5.02 Å². The summed E-state index contributed by atoms with van der Waals surface area (Å²) in [5, 5.41) is 9.17. The topological polar surface area (TPSA) is 66.2 Å². The summed E-state index contributed by atoms with van der Waals surface area (Å²) in [4.78, 5) is 13.4. The Labute approximate surface area is 96.3 Å². The van der Waals surface area contributed by atoms with Gasteiger partial charge in [0.15, 0.2) is 5.58 Å². The Morgan fingerprint density at radius 2 is 2.20 bits per heavy atom. The number of hydrogen-bond donors (Lipinski definition) is 2. The van der Waals surface area contributed by atoms with E-state index in [2.05, 4.69) is 4.98 Å². The van der Waals surface area contributed by atoms with Crippen LogP contribution in [-0.4, -0.2) is 16.7 Å². The predicted molar refractivity (Wildman–Crippen MR) is 59.9 cm³/mol. The maximum Gasteiger partial charge on any atom is 0.417 e. The molecule has 0 saturated heterocycles. The van der Waals surface area contributed by atoms with E-state index in [0.29, 0.717) is 22.5 Å². The third kappa shape index (κ3) is 2.34. The van der Waals surface area contributed by atoms with Crippen molar-refractivity contribution in [3.8, 4) is 0 Å². The number of halogens is 2. The van der Waals surface area contributed by atoms with Gasteiger partial charge in [0.1, 0.15) is 5.52 Å². The minimum atomic E-state index is -0.525. The number of hydrogen-bond acceptors (Lipinski definition) is 3. The average Bonchev–Trinajstić information content (AvgIpc) is 2.47. The van der Waals surface area contributed by atoms with E-state index in [4.69, 9.17) is 21.1 Å². The summed E-state index contributed by atoms with van der Waals surface area (Å²) in [6.45, 7) is 0.0382. The number of aromatic amines is 1. The van der Waals surface area contributed by atoms with E-state index in [1.165, 1.54) is 0 Å². The minimum absolute atomic E-state index is 0. The third-order valence-corrected chi connectivity index (χ3v) is 2.24. The molecule has 0 amide bonds. The summed E-state index contributed by atoms with van der Waals surface area (Å²) < 4.78 is 4.86. The maximum absolute atomic E-state index is 10.9. The van der Waals surface area contributed by atoms with Crippen LogP contribution in [0.4, 0.5) is 0 Å². The molecular weight excluding hydrogens is 241 g/mol. The van der Waals surface area contributed by atoms with Gasteiger partial charge in [-0.3, -0.25) is 4.98 Å². The lowest BCUT2D eigenvalue weighted by Gasteiger charge is -1.98. The first kappa shape index (κ1) is 12.1. The number of benzene rings is 1. The molecule has 0 saturated carbocycles. The van der Waals surface area contributed by atoms with E-state index in [-0.39, 0.29) is 19.0 Å². The smallest absolute Gasteiger partial charge is 0.408 e. The van der Waals surface area contributed by atoms with Gasteiger partial charge in [0.25, 0.3) is 0 Å². The lowest BCUT2D eigenvalue weighted by molar-refractivity contribution is 0.299. The largest absolute Gasteiger partial charge is 0.417 e. The van der Waals surface area contributed by atoms with Crippen molar-refractivity contribution in [1.29, 1.82) is 0 Å². The normalized spacial score (nSPS) is 10.3. The zero-order valence-corrected chi connectivity index (χ0v) is 9.19. The lowest BCUT2D eigenvalue weighted by Crippen LogP contribution is -1.93.